The van der Waals surface area contributed by atoms with Gasteiger partial charge in [-0.1, -0.05) is 43.7 Å². The van der Waals surface area contributed by atoms with E-state index in [0.29, 0.717) is 18.5 Å². The molecule has 8 heteroatoms. The van der Waals surface area contributed by atoms with Gasteiger partial charge in [-0.25, -0.2) is 0 Å². The second-order valence-corrected chi connectivity index (χ2v) is 8.06. The van der Waals surface area contributed by atoms with Crippen LogP contribution in [0.4, 0.5) is 0 Å². The van der Waals surface area contributed by atoms with Crippen molar-refractivity contribution >= 4 is 23.7 Å². The van der Waals surface area contributed by atoms with E-state index in [4.69, 9.17) is 4.74 Å². The van der Waals surface area contributed by atoms with Crippen molar-refractivity contribution in [1.29, 1.82) is 0 Å². The predicted octanol–water partition coefficient (Wildman–Crippen LogP) is 2.83. The number of amides is 3. The summed E-state index contributed by atoms with van der Waals surface area (Å²) in [5, 5.41) is 7.97. The number of allylic oxidation sites excluding steroid dienone is 6. The van der Waals surface area contributed by atoms with Crippen molar-refractivity contribution < 1.29 is 23.9 Å². The lowest BCUT2D eigenvalue weighted by atomic mass is 9.68. The van der Waals surface area contributed by atoms with Gasteiger partial charge < -0.3 is 20.7 Å². The molecule has 0 unspecified atom stereocenters. The van der Waals surface area contributed by atoms with Crippen LogP contribution in [0.25, 0.3) is 0 Å². The van der Waals surface area contributed by atoms with Crippen LogP contribution in [0.15, 0.2) is 47.7 Å². The highest BCUT2D eigenvalue weighted by Crippen LogP contribution is 2.42. The molecule has 0 heterocycles. The number of nitrogens with one attached hydrogen (secondary N) is 3. The molecule has 1 fully saturated rings. The fourth-order valence-electron chi connectivity index (χ4n) is 3.14. The van der Waals surface area contributed by atoms with Gasteiger partial charge in [-0.2, -0.15) is 0 Å². The maximum absolute atomic E-state index is 12.4. The van der Waals surface area contributed by atoms with Crippen molar-refractivity contribution in [2.45, 2.75) is 59.8 Å². The second-order valence-electron chi connectivity index (χ2n) is 8.06. The van der Waals surface area contributed by atoms with E-state index in [1.54, 1.807) is 13.0 Å². The fourth-order valence-corrected chi connectivity index (χ4v) is 3.14. The number of ether oxygens (including phenoxy) is 1. The zero-order chi connectivity index (χ0) is 24.9. The Hall–Kier alpha value is -3.16. The lowest BCUT2D eigenvalue weighted by molar-refractivity contribution is -0.167. The highest BCUT2D eigenvalue weighted by molar-refractivity contribution is 6.04. The van der Waals surface area contributed by atoms with Crippen LogP contribution >= 0.6 is 0 Å². The van der Waals surface area contributed by atoms with E-state index in [0.717, 1.165) is 24.0 Å². The Morgan fingerprint density at radius 1 is 1.06 bits per heavy atom. The summed E-state index contributed by atoms with van der Waals surface area (Å²) in [6.07, 6.45) is 10.1. The van der Waals surface area contributed by atoms with E-state index in [9.17, 15) is 19.2 Å². The Balaban J connectivity index is 2.49. The van der Waals surface area contributed by atoms with E-state index in [2.05, 4.69) is 22.5 Å². The minimum absolute atomic E-state index is 0.0747. The quantitative estimate of drug-likeness (QED) is 0.223. The molecule has 1 aliphatic carbocycles. The molecule has 3 amide bonds. The summed E-state index contributed by atoms with van der Waals surface area (Å²) in [6.45, 7) is 11.3. The van der Waals surface area contributed by atoms with Gasteiger partial charge in [0, 0.05) is 18.7 Å². The van der Waals surface area contributed by atoms with E-state index in [-0.39, 0.29) is 32.0 Å². The number of carbonyl (C=O) groups excluding carboxylic acids is 4. The molecule has 33 heavy (non-hydrogen) atoms. The summed E-state index contributed by atoms with van der Waals surface area (Å²) >= 11 is 0. The fraction of sp³-hybridized carbons (Fsp3) is 0.520. The number of rotatable bonds is 13. The molecule has 1 aliphatic rings. The zero-order valence-corrected chi connectivity index (χ0v) is 20.2. The molecule has 182 valence electrons. The van der Waals surface area contributed by atoms with E-state index < -0.39 is 23.2 Å². The Labute approximate surface area is 196 Å². The van der Waals surface area contributed by atoms with Gasteiger partial charge in [0.25, 0.3) is 0 Å². The molecule has 1 rings (SSSR count). The molecular formula is C25H37N3O5. The van der Waals surface area contributed by atoms with E-state index in [1.165, 1.54) is 0 Å². The third kappa shape index (κ3) is 8.71. The molecule has 0 aromatic rings. The van der Waals surface area contributed by atoms with Gasteiger partial charge in [0.1, 0.15) is 5.41 Å². The first-order chi connectivity index (χ1) is 15.7. The molecular weight excluding hydrogens is 422 g/mol. The van der Waals surface area contributed by atoms with Crippen LogP contribution in [0.1, 0.15) is 59.8 Å². The molecule has 0 spiro atoms. The summed E-state index contributed by atoms with van der Waals surface area (Å²) in [4.78, 5) is 48.9. The minimum Gasteiger partial charge on any atom is -0.465 e. The first-order valence-corrected chi connectivity index (χ1v) is 11.4. The van der Waals surface area contributed by atoms with Gasteiger partial charge in [0.2, 0.25) is 17.7 Å². The molecule has 3 N–H and O–H groups in total. The summed E-state index contributed by atoms with van der Waals surface area (Å²) in [6, 6.07) is 0. The van der Waals surface area contributed by atoms with Gasteiger partial charge in [0.15, 0.2) is 0 Å². The van der Waals surface area contributed by atoms with Crippen LogP contribution < -0.4 is 16.0 Å². The first kappa shape index (κ1) is 27.9. The maximum atomic E-state index is 12.4. The smallest absolute Gasteiger partial charge is 0.321 e. The monoisotopic (exact) mass is 459 g/mol. The van der Waals surface area contributed by atoms with Gasteiger partial charge in [-0.05, 0) is 51.7 Å². The average Bonchev–Trinajstić information content (AvgIpc) is 2.73. The van der Waals surface area contributed by atoms with Gasteiger partial charge in [0.05, 0.1) is 13.2 Å². The Kier molecular flexibility index (Phi) is 11.9. The highest BCUT2D eigenvalue weighted by Gasteiger charge is 2.52. The molecule has 0 radical (unpaired) electrons. The first-order valence-electron chi connectivity index (χ1n) is 11.4. The zero-order valence-electron chi connectivity index (χ0n) is 20.2. The third-order valence-electron chi connectivity index (χ3n) is 5.30. The van der Waals surface area contributed by atoms with Crippen molar-refractivity contribution in [3.63, 3.8) is 0 Å². The standard InChI is InChI=1S/C25H37N3O5/c1-6-9-11-19(7-2)16-20(18(4)5)28-21(29)12-15-26-22(30)17-27-23(31)25(13-10-14-25)24(32)33-8-3/h7,9,11,16H,2,6,8,10,12-15,17H2,1,3-5H3,(H,26,30)(H,27,31)(H,28,29)/b11-9+,19-16+. The predicted molar refractivity (Wildman–Crippen MR) is 128 cm³/mol. The lowest BCUT2D eigenvalue weighted by Crippen LogP contribution is -2.53. The van der Waals surface area contributed by atoms with Crippen LogP contribution in [0.3, 0.4) is 0 Å². The number of carbonyl (C=O) groups is 4. The molecule has 8 nitrogen and oxygen atoms in total. The van der Waals surface area contributed by atoms with E-state index >= 15 is 0 Å². The Morgan fingerprint density at radius 2 is 1.76 bits per heavy atom. The maximum Gasteiger partial charge on any atom is 0.321 e. The average molecular weight is 460 g/mol. The number of hydrogen-bond acceptors (Lipinski definition) is 5. The van der Waals surface area contributed by atoms with E-state index in [1.807, 2.05) is 39.0 Å². The third-order valence-corrected chi connectivity index (χ3v) is 5.30. The topological polar surface area (TPSA) is 114 Å². The molecule has 0 aliphatic heterocycles. The Bertz CT molecular complexity index is 831. The van der Waals surface area contributed by atoms with Crippen LogP contribution in [0, 0.1) is 5.41 Å². The SMILES string of the molecule is C=CC(/C=C/CC)=C\C(NC(=O)CCNC(=O)CNC(=O)C1(C(=O)OCC)CCC1)=C(C)C. The molecule has 0 aromatic carbocycles. The minimum atomic E-state index is -1.18. The summed E-state index contributed by atoms with van der Waals surface area (Å²) in [5.41, 5.74) is 1.32. The van der Waals surface area contributed by atoms with Crippen LogP contribution in [0.2, 0.25) is 0 Å². The lowest BCUT2D eigenvalue weighted by Gasteiger charge is -2.37. The summed E-state index contributed by atoms with van der Waals surface area (Å²) < 4.78 is 5.01. The molecule has 0 saturated heterocycles. The largest absolute Gasteiger partial charge is 0.465 e. The van der Waals surface area contributed by atoms with Crippen LogP contribution in [-0.2, 0) is 23.9 Å². The highest BCUT2D eigenvalue weighted by atomic mass is 16.5. The normalized spacial score (nSPS) is 14.6. The van der Waals surface area contributed by atoms with Gasteiger partial charge in [-0.15, -0.1) is 0 Å². The number of esters is 1. The molecule has 0 aromatic heterocycles. The van der Waals surface area contributed by atoms with Crippen LogP contribution in [0.5, 0.6) is 0 Å². The van der Waals surface area contributed by atoms with Crippen molar-refractivity contribution in [2.24, 2.45) is 5.41 Å². The molecule has 0 bridgehead atoms. The Morgan fingerprint density at radius 3 is 2.27 bits per heavy atom. The van der Waals surface area contributed by atoms with Gasteiger partial charge in [-0.3, -0.25) is 19.2 Å². The molecule has 1 saturated carbocycles. The summed E-state index contributed by atoms with van der Waals surface area (Å²) in [5.74, 6) is -1.71. The van der Waals surface area contributed by atoms with Gasteiger partial charge >= 0.3 is 5.97 Å². The van der Waals surface area contributed by atoms with Crippen molar-refractivity contribution in [1.82, 2.24) is 16.0 Å². The summed E-state index contributed by atoms with van der Waals surface area (Å²) in [7, 11) is 0. The van der Waals surface area contributed by atoms with Crippen molar-refractivity contribution in [3.05, 3.63) is 47.7 Å². The van der Waals surface area contributed by atoms with Crippen LogP contribution in [-0.4, -0.2) is 43.4 Å². The molecule has 0 atom stereocenters. The number of hydrogen-bond donors (Lipinski definition) is 3. The van der Waals surface area contributed by atoms with Crippen molar-refractivity contribution in [2.75, 3.05) is 19.7 Å². The second kappa shape index (κ2) is 14.1. The van der Waals surface area contributed by atoms with Crippen molar-refractivity contribution in [3.8, 4) is 0 Å².